The van der Waals surface area contributed by atoms with Gasteiger partial charge in [0, 0.05) is 0 Å². The summed E-state index contributed by atoms with van der Waals surface area (Å²) < 4.78 is 37.0. The van der Waals surface area contributed by atoms with Crippen LogP contribution in [0.2, 0.25) is 0 Å². The summed E-state index contributed by atoms with van der Waals surface area (Å²) in [7, 11) is -3.16. The molecule has 0 aromatic heterocycles. The molecule has 14 heavy (non-hydrogen) atoms. The van der Waals surface area contributed by atoms with Crippen LogP contribution in [-0.2, 0) is 11.0 Å². The molecule has 0 fully saturated rings. The highest BCUT2D eigenvalue weighted by Crippen LogP contribution is 2.23. The number of nitro benzene ring substituents is 1. The second-order valence-electron chi connectivity index (χ2n) is 2.19. The van der Waals surface area contributed by atoms with Gasteiger partial charge in [0.15, 0.2) is 0 Å². The highest BCUT2D eigenvalue weighted by molar-refractivity contribution is 7.67. The Kier molecular flexibility index (Phi) is 2.97. The van der Waals surface area contributed by atoms with Crippen molar-refractivity contribution in [2.45, 2.75) is 0 Å². The fraction of sp³-hybridized carbons (Fsp3) is 0. The minimum absolute atomic E-state index is 0.297. The van der Waals surface area contributed by atoms with Crippen molar-refractivity contribution in [1.29, 1.82) is 0 Å². The molecular formula is C6H4FNO5S. The number of nitro groups is 1. The fourth-order valence-corrected chi connectivity index (χ4v) is 1.06. The molecule has 8 heteroatoms. The average molecular weight is 221 g/mol. The van der Waals surface area contributed by atoms with E-state index in [1.807, 2.05) is 0 Å². The molecule has 1 aromatic rings. The van der Waals surface area contributed by atoms with Gasteiger partial charge in [0.05, 0.1) is 11.0 Å². The maximum Gasteiger partial charge on any atom is 0.308 e. The van der Waals surface area contributed by atoms with E-state index in [4.69, 9.17) is 0 Å². The lowest BCUT2D eigenvalue weighted by Crippen LogP contribution is -1.95. The minimum atomic E-state index is -3.16. The molecule has 0 N–H and O–H groups in total. The normalized spacial score (nSPS) is 10.1. The van der Waals surface area contributed by atoms with Crippen LogP contribution in [0.15, 0.2) is 18.2 Å². The molecule has 0 aliphatic heterocycles. The maximum atomic E-state index is 12.7. The average Bonchev–Trinajstić information content (AvgIpc) is 2.07. The smallest absolute Gasteiger partial charge is 0.308 e. The molecule has 0 radical (unpaired) electrons. The third-order valence-electron chi connectivity index (χ3n) is 1.29. The Labute approximate surface area is 79.2 Å². The summed E-state index contributed by atoms with van der Waals surface area (Å²) in [6.07, 6.45) is 0. The van der Waals surface area contributed by atoms with Gasteiger partial charge in [0.2, 0.25) is 5.82 Å². The van der Waals surface area contributed by atoms with E-state index in [0.29, 0.717) is 6.07 Å². The van der Waals surface area contributed by atoms with Crippen molar-refractivity contribution in [2.75, 3.05) is 0 Å². The van der Waals surface area contributed by atoms with Gasteiger partial charge in [-0.05, 0) is 12.1 Å². The van der Waals surface area contributed by atoms with Crippen LogP contribution in [0.3, 0.4) is 0 Å². The van der Waals surface area contributed by atoms with E-state index >= 15 is 0 Å². The zero-order valence-corrected chi connectivity index (χ0v) is 7.44. The highest BCUT2D eigenvalue weighted by atomic mass is 32.2. The van der Waals surface area contributed by atoms with Gasteiger partial charge in [-0.25, -0.2) is 0 Å². The standard InChI is InChI=1S/C6H4FNO5S/c7-5-2-1-4(13-14(11)12)3-6(5)8(9)10/h1-3,14H. The zero-order chi connectivity index (χ0) is 10.7. The van der Waals surface area contributed by atoms with Crippen LogP contribution in [0.25, 0.3) is 0 Å². The van der Waals surface area contributed by atoms with Crippen LogP contribution in [0, 0.1) is 15.9 Å². The molecule has 76 valence electrons. The second-order valence-corrected chi connectivity index (χ2v) is 2.82. The van der Waals surface area contributed by atoms with E-state index in [1.165, 1.54) is 0 Å². The highest BCUT2D eigenvalue weighted by Gasteiger charge is 2.15. The summed E-state index contributed by atoms with van der Waals surface area (Å²) in [6, 6.07) is 2.43. The summed E-state index contributed by atoms with van der Waals surface area (Å²) in [4.78, 5) is 9.25. The molecule has 0 heterocycles. The van der Waals surface area contributed by atoms with Gasteiger partial charge in [-0.3, -0.25) is 10.1 Å². The van der Waals surface area contributed by atoms with E-state index in [0.717, 1.165) is 12.1 Å². The van der Waals surface area contributed by atoms with Crippen molar-refractivity contribution in [2.24, 2.45) is 0 Å². The van der Waals surface area contributed by atoms with Crippen LogP contribution in [0.1, 0.15) is 0 Å². The topological polar surface area (TPSA) is 86.5 Å². The first-order valence-electron chi connectivity index (χ1n) is 3.27. The lowest BCUT2D eigenvalue weighted by molar-refractivity contribution is -0.387. The largest absolute Gasteiger partial charge is 0.384 e. The van der Waals surface area contributed by atoms with Gasteiger partial charge in [0.25, 0.3) is 11.0 Å². The van der Waals surface area contributed by atoms with Crippen molar-refractivity contribution in [3.8, 4) is 5.75 Å². The number of hydrogen-bond acceptors (Lipinski definition) is 5. The number of thiol groups is 1. The molecule has 0 saturated carbocycles. The monoisotopic (exact) mass is 221 g/mol. The zero-order valence-electron chi connectivity index (χ0n) is 6.55. The molecule has 0 amide bonds. The summed E-state index contributed by atoms with van der Waals surface area (Å²) in [5, 5.41) is 10.2. The molecular weight excluding hydrogens is 217 g/mol. The first-order valence-corrected chi connectivity index (χ1v) is 4.36. The number of nitrogens with zero attached hydrogens (tertiary/aromatic N) is 1. The van der Waals surface area contributed by atoms with Crippen LogP contribution >= 0.6 is 0 Å². The molecule has 6 nitrogen and oxygen atoms in total. The summed E-state index contributed by atoms with van der Waals surface area (Å²) in [6.45, 7) is 0. The second kappa shape index (κ2) is 4.01. The Hall–Kier alpha value is -1.70. The van der Waals surface area contributed by atoms with Crippen molar-refractivity contribution in [3.05, 3.63) is 34.1 Å². The summed E-state index contributed by atoms with van der Waals surface area (Å²) in [5.74, 6) is -1.35. The van der Waals surface area contributed by atoms with Gasteiger partial charge in [0.1, 0.15) is 5.75 Å². The third kappa shape index (κ3) is 2.39. The van der Waals surface area contributed by atoms with Crippen molar-refractivity contribution >= 4 is 16.7 Å². The number of hydrogen-bond donors (Lipinski definition) is 1. The van der Waals surface area contributed by atoms with Gasteiger partial charge >= 0.3 is 5.69 Å². The number of halogens is 1. The van der Waals surface area contributed by atoms with Crippen LogP contribution < -0.4 is 4.18 Å². The van der Waals surface area contributed by atoms with Crippen LogP contribution in [-0.4, -0.2) is 13.3 Å². The SMILES string of the molecule is O=[N+]([O-])c1cc(O[SH](=O)=O)ccc1F. The molecule has 0 bridgehead atoms. The Balaban J connectivity index is 3.12. The fourth-order valence-electron chi connectivity index (χ4n) is 0.775. The molecule has 0 atom stereocenters. The van der Waals surface area contributed by atoms with Crippen molar-refractivity contribution in [3.63, 3.8) is 0 Å². The lowest BCUT2D eigenvalue weighted by atomic mass is 10.3. The summed E-state index contributed by atoms with van der Waals surface area (Å²) in [5.41, 5.74) is -0.834. The van der Waals surface area contributed by atoms with E-state index < -0.39 is 27.4 Å². The molecule has 1 aromatic carbocycles. The molecule has 0 saturated heterocycles. The molecule has 0 aliphatic rings. The van der Waals surface area contributed by atoms with Crippen LogP contribution in [0.5, 0.6) is 5.75 Å². The summed E-state index contributed by atoms with van der Waals surface area (Å²) >= 11 is 0. The Morgan fingerprint density at radius 3 is 2.57 bits per heavy atom. The van der Waals surface area contributed by atoms with Crippen LogP contribution in [0.4, 0.5) is 10.1 Å². The molecule has 0 aliphatic carbocycles. The molecule has 1 rings (SSSR count). The Morgan fingerprint density at radius 1 is 1.43 bits per heavy atom. The van der Waals surface area contributed by atoms with Gasteiger partial charge in [-0.1, -0.05) is 0 Å². The predicted octanol–water partition coefficient (Wildman–Crippen LogP) is 0.639. The first kappa shape index (κ1) is 10.4. The van der Waals surface area contributed by atoms with E-state index in [9.17, 15) is 22.9 Å². The number of benzene rings is 1. The third-order valence-corrected chi connectivity index (χ3v) is 1.65. The quantitative estimate of drug-likeness (QED) is 0.459. The Morgan fingerprint density at radius 2 is 2.07 bits per heavy atom. The lowest BCUT2D eigenvalue weighted by Gasteiger charge is -1.97. The van der Waals surface area contributed by atoms with Gasteiger partial charge < -0.3 is 4.18 Å². The van der Waals surface area contributed by atoms with Gasteiger partial charge in [-0.15, -0.1) is 0 Å². The van der Waals surface area contributed by atoms with E-state index in [-0.39, 0.29) is 5.75 Å². The predicted molar refractivity (Wildman–Crippen MR) is 44.0 cm³/mol. The molecule has 0 unspecified atom stereocenters. The number of rotatable bonds is 3. The van der Waals surface area contributed by atoms with E-state index in [2.05, 4.69) is 4.18 Å². The Bertz CT molecular complexity index is 436. The molecule has 0 spiro atoms. The first-order chi connectivity index (χ1) is 6.50. The maximum absolute atomic E-state index is 12.7. The van der Waals surface area contributed by atoms with E-state index in [1.54, 1.807) is 0 Å². The van der Waals surface area contributed by atoms with Crippen molar-refractivity contribution < 1.29 is 21.9 Å². The van der Waals surface area contributed by atoms with Crippen molar-refractivity contribution in [1.82, 2.24) is 0 Å². The minimum Gasteiger partial charge on any atom is -0.384 e. The van der Waals surface area contributed by atoms with Gasteiger partial charge in [-0.2, -0.15) is 12.8 Å².